The largest absolute Gasteiger partial charge is 0.550 e. The number of carboxylic acids is 1. The minimum absolute atomic E-state index is 0.0790. The van der Waals surface area contributed by atoms with Gasteiger partial charge in [0, 0.05) is 23.4 Å². The lowest BCUT2D eigenvalue weighted by molar-refractivity contribution is -0.305. The maximum absolute atomic E-state index is 11.9. The summed E-state index contributed by atoms with van der Waals surface area (Å²) in [5, 5.41) is 21.3. The number of ether oxygens (including phenoxy) is 1. The molecule has 0 aliphatic rings. The van der Waals surface area contributed by atoms with Crippen molar-refractivity contribution in [3.8, 4) is 22.7 Å². The predicted molar refractivity (Wildman–Crippen MR) is 102 cm³/mol. The SMILES string of the molecule is CCOC(=O)c1ccc(-n2c(CCC(=O)[O-])ccc2-c2ccccc2)cc1O. The van der Waals surface area contributed by atoms with E-state index >= 15 is 0 Å². The fraction of sp³-hybridized carbons (Fsp3) is 0.182. The maximum atomic E-state index is 11.9. The molecule has 0 spiro atoms. The average Bonchev–Trinajstić information content (AvgIpc) is 3.11. The highest BCUT2D eigenvalue weighted by Gasteiger charge is 2.16. The van der Waals surface area contributed by atoms with Crippen molar-refractivity contribution in [1.29, 1.82) is 0 Å². The third-order valence-corrected chi connectivity index (χ3v) is 4.35. The molecule has 3 rings (SSSR count). The molecule has 144 valence electrons. The summed E-state index contributed by atoms with van der Waals surface area (Å²) in [6.45, 7) is 1.90. The summed E-state index contributed by atoms with van der Waals surface area (Å²) in [5.41, 5.74) is 3.23. The molecule has 1 N–H and O–H groups in total. The van der Waals surface area contributed by atoms with E-state index in [1.807, 2.05) is 47.0 Å². The van der Waals surface area contributed by atoms with Crippen molar-refractivity contribution in [1.82, 2.24) is 4.57 Å². The van der Waals surface area contributed by atoms with E-state index in [1.54, 1.807) is 13.0 Å². The zero-order chi connectivity index (χ0) is 20.1. The van der Waals surface area contributed by atoms with Crippen LogP contribution >= 0.6 is 0 Å². The van der Waals surface area contributed by atoms with Gasteiger partial charge in [-0.15, -0.1) is 0 Å². The second-order valence-corrected chi connectivity index (χ2v) is 6.21. The number of aromatic hydroxyl groups is 1. The molecule has 28 heavy (non-hydrogen) atoms. The second-order valence-electron chi connectivity index (χ2n) is 6.21. The molecular formula is C22H20NO5-. The molecule has 0 saturated heterocycles. The first-order valence-corrected chi connectivity index (χ1v) is 8.97. The number of esters is 1. The Kier molecular flexibility index (Phi) is 5.79. The molecule has 0 radical (unpaired) electrons. The number of nitrogens with zero attached hydrogens (tertiary/aromatic N) is 1. The number of carboxylic acid groups (broad SMARTS) is 1. The first kappa shape index (κ1) is 19.2. The highest BCUT2D eigenvalue weighted by Crippen LogP contribution is 2.30. The first-order valence-electron chi connectivity index (χ1n) is 8.97. The minimum Gasteiger partial charge on any atom is -0.550 e. The Hall–Kier alpha value is -3.54. The van der Waals surface area contributed by atoms with Crippen LogP contribution in [-0.4, -0.2) is 28.2 Å². The first-order chi connectivity index (χ1) is 13.5. The molecule has 0 atom stereocenters. The molecule has 0 unspecified atom stereocenters. The van der Waals surface area contributed by atoms with E-state index in [9.17, 15) is 19.8 Å². The molecule has 1 heterocycles. The zero-order valence-corrected chi connectivity index (χ0v) is 15.4. The standard InChI is InChI=1S/C22H21NO5/c1-2-28-22(27)18-11-8-17(14-20(18)24)23-16(10-13-21(25)26)9-12-19(23)15-6-4-3-5-7-15/h3-9,11-12,14,24H,2,10,13H2,1H3,(H,25,26)/p-1. The van der Waals surface area contributed by atoms with Gasteiger partial charge in [0.05, 0.1) is 12.3 Å². The van der Waals surface area contributed by atoms with E-state index in [0.29, 0.717) is 5.69 Å². The lowest BCUT2D eigenvalue weighted by Gasteiger charge is -2.16. The molecule has 1 aromatic heterocycles. The summed E-state index contributed by atoms with van der Waals surface area (Å²) in [4.78, 5) is 22.9. The van der Waals surface area contributed by atoms with Gasteiger partial charge in [0.2, 0.25) is 0 Å². The number of aryl methyl sites for hydroxylation is 1. The van der Waals surface area contributed by atoms with Crippen molar-refractivity contribution in [2.45, 2.75) is 19.8 Å². The minimum atomic E-state index is -1.13. The second kappa shape index (κ2) is 8.43. The normalized spacial score (nSPS) is 10.6. The van der Waals surface area contributed by atoms with Gasteiger partial charge >= 0.3 is 5.97 Å². The van der Waals surface area contributed by atoms with Gasteiger partial charge in [-0.1, -0.05) is 30.3 Å². The van der Waals surface area contributed by atoms with E-state index in [-0.39, 0.29) is 30.8 Å². The fourth-order valence-corrected chi connectivity index (χ4v) is 3.08. The molecule has 0 aliphatic heterocycles. The molecule has 6 heteroatoms. The lowest BCUT2D eigenvalue weighted by Crippen LogP contribution is -2.22. The Morgan fingerprint density at radius 3 is 2.46 bits per heavy atom. The number of hydrogen-bond acceptors (Lipinski definition) is 5. The number of aliphatic carboxylic acids is 1. The average molecular weight is 378 g/mol. The number of benzene rings is 2. The van der Waals surface area contributed by atoms with E-state index in [1.165, 1.54) is 12.1 Å². The van der Waals surface area contributed by atoms with Crippen molar-refractivity contribution in [2.24, 2.45) is 0 Å². The number of phenolic OH excluding ortho intramolecular Hbond substituents is 1. The Morgan fingerprint density at radius 2 is 1.82 bits per heavy atom. The van der Waals surface area contributed by atoms with Gasteiger partial charge in [0.25, 0.3) is 0 Å². The van der Waals surface area contributed by atoms with E-state index in [4.69, 9.17) is 4.74 Å². The third-order valence-electron chi connectivity index (χ3n) is 4.35. The van der Waals surface area contributed by atoms with Crippen LogP contribution in [0, 0.1) is 0 Å². The summed E-state index contributed by atoms with van der Waals surface area (Å²) in [7, 11) is 0. The molecule has 0 fully saturated rings. The summed E-state index contributed by atoms with van der Waals surface area (Å²) >= 11 is 0. The Labute approximate surface area is 162 Å². The van der Waals surface area contributed by atoms with Crippen LogP contribution in [0.4, 0.5) is 0 Å². The fourth-order valence-electron chi connectivity index (χ4n) is 3.08. The highest BCUT2D eigenvalue weighted by atomic mass is 16.5. The van der Waals surface area contributed by atoms with Crippen LogP contribution in [0.15, 0.2) is 60.7 Å². The van der Waals surface area contributed by atoms with Crippen LogP contribution in [-0.2, 0) is 16.0 Å². The van der Waals surface area contributed by atoms with Crippen molar-refractivity contribution in [2.75, 3.05) is 6.61 Å². The van der Waals surface area contributed by atoms with Gasteiger partial charge in [-0.05, 0) is 49.6 Å². The number of rotatable bonds is 7. The summed E-state index contributed by atoms with van der Waals surface area (Å²) in [6.07, 6.45) is 0.153. The molecule has 0 bridgehead atoms. The number of carbonyl (C=O) groups is 2. The van der Waals surface area contributed by atoms with Crippen LogP contribution in [0.3, 0.4) is 0 Å². The van der Waals surface area contributed by atoms with Crippen LogP contribution in [0.5, 0.6) is 5.75 Å². The zero-order valence-electron chi connectivity index (χ0n) is 15.4. The quantitative estimate of drug-likeness (QED) is 0.638. The van der Waals surface area contributed by atoms with Gasteiger partial charge in [0.1, 0.15) is 11.3 Å². The van der Waals surface area contributed by atoms with Crippen molar-refractivity contribution in [3.05, 3.63) is 71.9 Å². The summed E-state index contributed by atoms with van der Waals surface area (Å²) in [6, 6.07) is 18.0. The van der Waals surface area contributed by atoms with Crippen LogP contribution in [0.1, 0.15) is 29.4 Å². The maximum Gasteiger partial charge on any atom is 0.341 e. The van der Waals surface area contributed by atoms with Crippen LogP contribution in [0.2, 0.25) is 0 Å². The van der Waals surface area contributed by atoms with Crippen molar-refractivity contribution >= 4 is 11.9 Å². The van der Waals surface area contributed by atoms with Gasteiger partial charge < -0.3 is 24.3 Å². The Balaban J connectivity index is 2.08. The molecule has 2 aromatic carbocycles. The number of hydrogen-bond donors (Lipinski definition) is 1. The Morgan fingerprint density at radius 1 is 1.07 bits per heavy atom. The number of aromatic nitrogens is 1. The lowest BCUT2D eigenvalue weighted by atomic mass is 10.1. The van der Waals surface area contributed by atoms with Gasteiger partial charge in [0.15, 0.2) is 0 Å². The van der Waals surface area contributed by atoms with E-state index in [2.05, 4.69) is 0 Å². The van der Waals surface area contributed by atoms with Crippen LogP contribution < -0.4 is 5.11 Å². The monoisotopic (exact) mass is 378 g/mol. The smallest absolute Gasteiger partial charge is 0.341 e. The predicted octanol–water partition coefficient (Wildman–Crippen LogP) is 2.71. The van der Waals surface area contributed by atoms with Gasteiger partial charge in [-0.25, -0.2) is 4.79 Å². The van der Waals surface area contributed by atoms with Crippen molar-refractivity contribution < 1.29 is 24.5 Å². The van der Waals surface area contributed by atoms with Gasteiger partial charge in [-0.2, -0.15) is 0 Å². The highest BCUT2D eigenvalue weighted by molar-refractivity contribution is 5.92. The molecule has 0 aliphatic carbocycles. The summed E-state index contributed by atoms with van der Waals surface area (Å²) in [5.74, 6) is -1.93. The van der Waals surface area contributed by atoms with E-state index in [0.717, 1.165) is 17.0 Å². The van der Waals surface area contributed by atoms with Crippen molar-refractivity contribution in [3.63, 3.8) is 0 Å². The molecular weight excluding hydrogens is 358 g/mol. The molecule has 0 amide bonds. The van der Waals surface area contributed by atoms with Gasteiger partial charge in [-0.3, -0.25) is 0 Å². The molecule has 3 aromatic rings. The molecule has 6 nitrogen and oxygen atoms in total. The Bertz CT molecular complexity index is 991. The number of phenols is 1. The molecule has 0 saturated carbocycles. The number of carbonyl (C=O) groups excluding carboxylic acids is 2. The topological polar surface area (TPSA) is 91.6 Å². The third kappa shape index (κ3) is 4.06. The van der Waals surface area contributed by atoms with Crippen LogP contribution in [0.25, 0.3) is 16.9 Å². The van der Waals surface area contributed by atoms with E-state index < -0.39 is 11.9 Å². The summed E-state index contributed by atoms with van der Waals surface area (Å²) < 4.78 is 6.81.